The van der Waals surface area contributed by atoms with Gasteiger partial charge in [-0.3, -0.25) is 0 Å². The summed E-state index contributed by atoms with van der Waals surface area (Å²) in [7, 11) is 0. The van der Waals surface area contributed by atoms with E-state index >= 15 is 0 Å². The van der Waals surface area contributed by atoms with Gasteiger partial charge >= 0.3 is 0 Å². The van der Waals surface area contributed by atoms with Gasteiger partial charge in [-0.25, -0.2) is 0 Å². The van der Waals surface area contributed by atoms with E-state index in [0.717, 1.165) is 44.5 Å². The normalized spacial score (nSPS) is 11.3. The van der Waals surface area contributed by atoms with E-state index in [0.29, 0.717) is 5.56 Å². The van der Waals surface area contributed by atoms with Crippen molar-refractivity contribution in [1.29, 1.82) is 0 Å². The molecule has 0 unspecified atom stereocenters. The molecule has 28 heavy (non-hydrogen) atoms. The molecule has 1 rings (SSSR count). The molecular weight excluding hydrogens is 346 g/mol. The molecule has 1 N–H and O–H groups in total. The molecule has 160 valence electrons. The minimum atomic E-state index is -1.04. The maximum atomic E-state index is 11.7. The van der Waals surface area contributed by atoms with Gasteiger partial charge in [-0.15, -0.1) is 0 Å². The molecule has 1 aromatic carbocycles. The summed E-state index contributed by atoms with van der Waals surface area (Å²) in [6.45, 7) is 8.55. The van der Waals surface area contributed by atoms with Gasteiger partial charge in [-0.1, -0.05) is 90.7 Å². The maximum Gasteiger partial charge on any atom is 0.143 e. The fraction of sp³-hybridized carbons (Fsp3) is 0.720. The molecule has 0 amide bonds. The van der Waals surface area contributed by atoms with Gasteiger partial charge in [-0.05, 0) is 31.7 Å². The van der Waals surface area contributed by atoms with Crippen molar-refractivity contribution >= 4 is 11.7 Å². The van der Waals surface area contributed by atoms with Crippen LogP contribution < -0.4 is 10.0 Å². The second-order valence-electron chi connectivity index (χ2n) is 8.16. The SMILES string of the molecule is CCCCCCCCCCCCc1cccc(C(=O)[O-])c1[NH+](CCC)CCC. The number of quaternary nitrogens is 1. The van der Waals surface area contributed by atoms with E-state index in [1.165, 1.54) is 68.3 Å². The van der Waals surface area contributed by atoms with Gasteiger partial charge in [0.25, 0.3) is 0 Å². The second-order valence-corrected chi connectivity index (χ2v) is 8.16. The van der Waals surface area contributed by atoms with Gasteiger partial charge in [-0.2, -0.15) is 0 Å². The van der Waals surface area contributed by atoms with Gasteiger partial charge in [0.15, 0.2) is 0 Å². The van der Waals surface area contributed by atoms with E-state index in [1.54, 1.807) is 6.07 Å². The first kappa shape index (κ1) is 24.7. The number of para-hydroxylation sites is 1. The molecule has 3 nitrogen and oxygen atoms in total. The predicted octanol–water partition coefficient (Wildman–Crippen LogP) is 4.85. The zero-order valence-corrected chi connectivity index (χ0v) is 18.7. The first-order valence-electron chi connectivity index (χ1n) is 11.8. The predicted molar refractivity (Wildman–Crippen MR) is 117 cm³/mol. The summed E-state index contributed by atoms with van der Waals surface area (Å²) in [6, 6.07) is 5.73. The number of hydrogen-bond donors (Lipinski definition) is 1. The molecule has 0 saturated carbocycles. The van der Waals surface area contributed by atoms with Crippen molar-refractivity contribution < 1.29 is 14.8 Å². The highest BCUT2D eigenvalue weighted by molar-refractivity contribution is 5.91. The van der Waals surface area contributed by atoms with Gasteiger partial charge < -0.3 is 14.8 Å². The number of unbranched alkanes of at least 4 members (excludes halogenated alkanes) is 9. The Balaban J connectivity index is 2.55. The number of carboxylic acids is 1. The molecule has 0 aromatic heterocycles. The summed E-state index contributed by atoms with van der Waals surface area (Å²) in [5.74, 6) is -1.04. The fourth-order valence-electron chi connectivity index (χ4n) is 4.18. The summed E-state index contributed by atoms with van der Waals surface area (Å²) in [5, 5.41) is 11.7. The van der Waals surface area contributed by atoms with Crippen molar-refractivity contribution in [3.8, 4) is 0 Å². The lowest BCUT2D eigenvalue weighted by Gasteiger charge is -2.24. The summed E-state index contributed by atoms with van der Waals surface area (Å²) >= 11 is 0. The van der Waals surface area contributed by atoms with Crippen molar-refractivity contribution in [2.24, 2.45) is 0 Å². The molecule has 1 aromatic rings. The van der Waals surface area contributed by atoms with Crippen LogP contribution in [0.5, 0.6) is 0 Å². The Labute approximate surface area is 173 Å². The number of aryl methyl sites for hydroxylation is 1. The smallest absolute Gasteiger partial charge is 0.143 e. The van der Waals surface area contributed by atoms with E-state index in [-0.39, 0.29) is 0 Å². The number of aromatic carboxylic acids is 1. The average Bonchev–Trinajstić information content (AvgIpc) is 2.69. The highest BCUT2D eigenvalue weighted by Crippen LogP contribution is 2.20. The topological polar surface area (TPSA) is 44.6 Å². The lowest BCUT2D eigenvalue weighted by atomic mass is 9.99. The minimum Gasteiger partial charge on any atom is -0.545 e. The van der Waals surface area contributed by atoms with E-state index < -0.39 is 5.97 Å². The third-order valence-electron chi connectivity index (χ3n) is 5.63. The van der Waals surface area contributed by atoms with E-state index in [4.69, 9.17) is 0 Å². The first-order valence-corrected chi connectivity index (χ1v) is 11.8. The van der Waals surface area contributed by atoms with Crippen LogP contribution in [-0.4, -0.2) is 19.1 Å². The van der Waals surface area contributed by atoms with Crippen LogP contribution >= 0.6 is 0 Å². The molecule has 0 aliphatic heterocycles. The van der Waals surface area contributed by atoms with E-state index in [1.807, 2.05) is 6.07 Å². The minimum absolute atomic E-state index is 0.390. The van der Waals surface area contributed by atoms with Crippen LogP contribution in [0.4, 0.5) is 5.69 Å². The summed E-state index contributed by atoms with van der Waals surface area (Å²) in [4.78, 5) is 13.0. The average molecular weight is 390 g/mol. The molecular formula is C25H43NO2. The van der Waals surface area contributed by atoms with Crippen molar-refractivity contribution in [3.05, 3.63) is 29.3 Å². The van der Waals surface area contributed by atoms with Crippen LogP contribution in [-0.2, 0) is 6.42 Å². The van der Waals surface area contributed by atoms with E-state index in [2.05, 4.69) is 26.8 Å². The highest BCUT2D eigenvalue weighted by Gasteiger charge is 2.20. The molecule has 0 spiro atoms. The monoisotopic (exact) mass is 389 g/mol. The third-order valence-corrected chi connectivity index (χ3v) is 5.63. The molecule has 0 bridgehead atoms. The number of carboxylic acid groups (broad SMARTS) is 1. The molecule has 0 atom stereocenters. The fourth-order valence-corrected chi connectivity index (χ4v) is 4.18. The molecule has 0 aliphatic carbocycles. The Morgan fingerprint density at radius 2 is 1.32 bits per heavy atom. The Hall–Kier alpha value is -1.35. The largest absolute Gasteiger partial charge is 0.545 e. The zero-order chi connectivity index (χ0) is 20.6. The standard InChI is InChI=1S/C25H43NO2/c1-4-7-8-9-10-11-12-13-14-15-17-22-18-16-19-23(25(27)28)24(22)26(20-5-2)21-6-3/h16,18-19H,4-15,17,20-21H2,1-3H3,(H,27,28). The van der Waals surface area contributed by atoms with Gasteiger partial charge in [0, 0.05) is 5.56 Å². The molecule has 0 radical (unpaired) electrons. The van der Waals surface area contributed by atoms with Crippen molar-refractivity contribution in [3.63, 3.8) is 0 Å². The van der Waals surface area contributed by atoms with Crippen LogP contribution in [0.2, 0.25) is 0 Å². The molecule has 0 aliphatic rings. The van der Waals surface area contributed by atoms with Gasteiger partial charge in [0.05, 0.1) is 24.6 Å². The number of nitrogens with one attached hydrogen (secondary N) is 1. The van der Waals surface area contributed by atoms with Crippen LogP contribution in [0, 0.1) is 0 Å². The number of benzene rings is 1. The summed E-state index contributed by atoms with van der Waals surface area (Å²) in [5.41, 5.74) is 2.58. The van der Waals surface area contributed by atoms with Gasteiger partial charge in [0.2, 0.25) is 0 Å². The number of carbonyl (C=O) groups is 1. The van der Waals surface area contributed by atoms with Crippen LogP contribution in [0.25, 0.3) is 0 Å². The lowest BCUT2D eigenvalue weighted by molar-refractivity contribution is -0.833. The van der Waals surface area contributed by atoms with Crippen molar-refractivity contribution in [2.45, 2.75) is 104 Å². The third kappa shape index (κ3) is 9.23. The summed E-state index contributed by atoms with van der Waals surface area (Å²) in [6.07, 6.45) is 16.3. The maximum absolute atomic E-state index is 11.7. The molecule has 0 heterocycles. The quantitative estimate of drug-likeness (QED) is 0.387. The van der Waals surface area contributed by atoms with Crippen LogP contribution in [0.3, 0.4) is 0 Å². The Kier molecular flexibility index (Phi) is 13.7. The highest BCUT2D eigenvalue weighted by atomic mass is 16.4. The van der Waals surface area contributed by atoms with Crippen molar-refractivity contribution in [2.75, 3.05) is 13.1 Å². The second kappa shape index (κ2) is 15.6. The van der Waals surface area contributed by atoms with Gasteiger partial charge in [0.1, 0.15) is 5.69 Å². The van der Waals surface area contributed by atoms with Crippen LogP contribution in [0.15, 0.2) is 18.2 Å². The molecule has 3 heteroatoms. The Morgan fingerprint density at radius 1 is 0.786 bits per heavy atom. The number of carbonyl (C=O) groups excluding carboxylic acids is 1. The van der Waals surface area contributed by atoms with E-state index in [9.17, 15) is 9.90 Å². The lowest BCUT2D eigenvalue weighted by Crippen LogP contribution is -3.07. The number of rotatable bonds is 17. The molecule has 0 fully saturated rings. The van der Waals surface area contributed by atoms with Crippen LogP contribution in [0.1, 0.15) is 114 Å². The Morgan fingerprint density at radius 3 is 1.82 bits per heavy atom. The zero-order valence-electron chi connectivity index (χ0n) is 18.7. The van der Waals surface area contributed by atoms with Crippen molar-refractivity contribution in [1.82, 2.24) is 0 Å². The Bertz CT molecular complexity index is 535. The summed E-state index contributed by atoms with van der Waals surface area (Å²) < 4.78 is 0. The first-order chi connectivity index (χ1) is 13.7. The number of hydrogen-bond acceptors (Lipinski definition) is 2. The molecule has 0 saturated heterocycles.